The van der Waals surface area contributed by atoms with Crippen molar-refractivity contribution in [3.8, 4) is 5.75 Å². The normalized spacial score (nSPS) is 10.7. The molecule has 0 heterocycles. The predicted molar refractivity (Wildman–Crippen MR) is 67.8 cm³/mol. The van der Waals surface area contributed by atoms with Crippen molar-refractivity contribution in [2.45, 2.75) is 25.7 Å². The Morgan fingerprint density at radius 2 is 1.89 bits per heavy atom. The largest absolute Gasteiger partial charge is 0.497 e. The van der Waals surface area contributed by atoms with Gasteiger partial charge in [0.15, 0.2) is 0 Å². The van der Waals surface area contributed by atoms with Gasteiger partial charge in [0.2, 0.25) is 0 Å². The van der Waals surface area contributed by atoms with Gasteiger partial charge >= 0.3 is 0 Å². The molecule has 0 amide bonds. The number of hydrogen-bond acceptors (Lipinski definition) is 3. The monoisotopic (exact) mass is 272 g/mol. The van der Waals surface area contributed by atoms with Gasteiger partial charge in [-0.25, -0.2) is 8.78 Å². The van der Waals surface area contributed by atoms with Crippen LogP contribution in [0, 0.1) is 0 Å². The Hall–Kier alpha value is -1.49. The van der Waals surface area contributed by atoms with Gasteiger partial charge in [0.25, 0.3) is 6.43 Å². The molecule has 0 aliphatic heterocycles. The zero-order chi connectivity index (χ0) is 14.1. The van der Waals surface area contributed by atoms with Crippen molar-refractivity contribution in [1.29, 1.82) is 0 Å². The maximum absolute atomic E-state index is 11.8. The van der Waals surface area contributed by atoms with Crippen LogP contribution in [0.2, 0.25) is 0 Å². The van der Waals surface area contributed by atoms with Crippen LogP contribution in [0.5, 0.6) is 5.75 Å². The number of carbonyl (C=O) groups excluding carboxylic acids is 1. The molecule has 1 aromatic carbocycles. The minimum atomic E-state index is -2.48. The lowest BCUT2D eigenvalue weighted by Gasteiger charge is -2.04. The van der Waals surface area contributed by atoms with Crippen molar-refractivity contribution in [2.24, 2.45) is 0 Å². The first-order chi connectivity index (χ1) is 9.11. The molecule has 106 valence electrons. The van der Waals surface area contributed by atoms with E-state index in [2.05, 4.69) is 4.74 Å². The molecule has 1 aromatic rings. The van der Waals surface area contributed by atoms with Crippen LogP contribution in [0.1, 0.15) is 18.4 Å². The van der Waals surface area contributed by atoms with Gasteiger partial charge in [-0.15, -0.1) is 0 Å². The second kappa shape index (κ2) is 8.58. The number of aryl methyl sites for hydroxylation is 1. The van der Waals surface area contributed by atoms with Crippen LogP contribution in [0.4, 0.5) is 8.78 Å². The van der Waals surface area contributed by atoms with Crippen LogP contribution in [0.15, 0.2) is 24.3 Å². The van der Waals surface area contributed by atoms with E-state index in [0.717, 1.165) is 11.3 Å². The zero-order valence-electron chi connectivity index (χ0n) is 10.9. The topological polar surface area (TPSA) is 35.5 Å². The lowest BCUT2D eigenvalue weighted by Crippen LogP contribution is -2.09. The van der Waals surface area contributed by atoms with E-state index in [0.29, 0.717) is 12.8 Å². The van der Waals surface area contributed by atoms with Crippen LogP contribution in [0.3, 0.4) is 0 Å². The lowest BCUT2D eigenvalue weighted by molar-refractivity contribution is -0.120. The first-order valence-electron chi connectivity index (χ1n) is 6.12. The van der Waals surface area contributed by atoms with E-state index in [9.17, 15) is 13.6 Å². The van der Waals surface area contributed by atoms with Gasteiger partial charge in [-0.3, -0.25) is 4.79 Å². The van der Waals surface area contributed by atoms with Crippen LogP contribution in [-0.4, -0.2) is 32.5 Å². The molecule has 0 N–H and O–H groups in total. The molecule has 0 aliphatic rings. The number of ketones is 1. The van der Waals surface area contributed by atoms with Gasteiger partial charge in [-0.2, -0.15) is 0 Å². The fraction of sp³-hybridized carbons (Fsp3) is 0.500. The third-order valence-corrected chi connectivity index (χ3v) is 2.62. The molecule has 5 heteroatoms. The Morgan fingerprint density at radius 1 is 1.21 bits per heavy atom. The van der Waals surface area contributed by atoms with E-state index < -0.39 is 13.0 Å². The molecule has 0 radical (unpaired) electrons. The predicted octanol–water partition coefficient (Wildman–Crippen LogP) is 2.87. The Morgan fingerprint density at radius 3 is 2.47 bits per heavy atom. The highest BCUT2D eigenvalue weighted by Gasteiger charge is 2.05. The lowest BCUT2D eigenvalue weighted by atomic mass is 10.1. The van der Waals surface area contributed by atoms with Gasteiger partial charge in [0.1, 0.15) is 18.1 Å². The maximum atomic E-state index is 11.8. The molecule has 0 atom stereocenters. The summed E-state index contributed by atoms with van der Waals surface area (Å²) >= 11 is 0. The molecule has 3 nitrogen and oxygen atoms in total. The minimum Gasteiger partial charge on any atom is -0.497 e. The SMILES string of the molecule is COc1ccc(CCC(=O)CCOCC(F)F)cc1. The number of Topliss-reactive ketones (excluding diaryl/α,β-unsaturated/α-hetero) is 1. The van der Waals surface area contributed by atoms with Crippen molar-refractivity contribution < 1.29 is 23.0 Å². The summed E-state index contributed by atoms with van der Waals surface area (Å²) in [5.41, 5.74) is 1.04. The first-order valence-corrected chi connectivity index (χ1v) is 6.12. The van der Waals surface area contributed by atoms with Crippen LogP contribution >= 0.6 is 0 Å². The van der Waals surface area contributed by atoms with E-state index in [4.69, 9.17) is 4.74 Å². The summed E-state index contributed by atoms with van der Waals surface area (Å²) < 4.78 is 33.2. The number of hydrogen-bond donors (Lipinski definition) is 0. The molecule has 0 aliphatic carbocycles. The third kappa shape index (κ3) is 6.86. The van der Waals surface area contributed by atoms with Crippen LogP contribution in [0.25, 0.3) is 0 Å². The number of rotatable bonds is 9. The van der Waals surface area contributed by atoms with E-state index in [1.165, 1.54) is 0 Å². The molecular weight excluding hydrogens is 254 g/mol. The molecule has 0 unspecified atom stereocenters. The molecule has 0 aromatic heterocycles. The molecule has 0 saturated carbocycles. The van der Waals surface area contributed by atoms with Crippen LogP contribution in [-0.2, 0) is 16.0 Å². The summed E-state index contributed by atoms with van der Waals surface area (Å²) in [6.45, 7) is -0.544. The molecule has 0 spiro atoms. The average molecular weight is 272 g/mol. The smallest absolute Gasteiger partial charge is 0.261 e. The van der Waals surface area contributed by atoms with E-state index in [1.807, 2.05) is 24.3 Å². The van der Waals surface area contributed by atoms with Gasteiger partial charge in [0, 0.05) is 12.8 Å². The highest BCUT2D eigenvalue weighted by atomic mass is 19.3. The second-order valence-electron chi connectivity index (χ2n) is 4.10. The van der Waals surface area contributed by atoms with Crippen molar-refractivity contribution in [2.75, 3.05) is 20.3 Å². The van der Waals surface area contributed by atoms with E-state index in [-0.39, 0.29) is 18.8 Å². The number of carbonyl (C=O) groups is 1. The summed E-state index contributed by atoms with van der Waals surface area (Å²) in [6.07, 6.45) is -1.26. The number of ether oxygens (including phenoxy) is 2. The summed E-state index contributed by atoms with van der Waals surface area (Å²) in [5.74, 6) is 0.792. The first kappa shape index (κ1) is 15.6. The Bertz CT molecular complexity index is 377. The summed E-state index contributed by atoms with van der Waals surface area (Å²) in [4.78, 5) is 11.5. The van der Waals surface area contributed by atoms with Gasteiger partial charge in [0.05, 0.1) is 13.7 Å². The zero-order valence-corrected chi connectivity index (χ0v) is 10.9. The molecule has 0 bridgehead atoms. The number of benzene rings is 1. The molecule has 0 fully saturated rings. The Balaban J connectivity index is 2.18. The maximum Gasteiger partial charge on any atom is 0.261 e. The highest BCUT2D eigenvalue weighted by Crippen LogP contribution is 2.12. The van der Waals surface area contributed by atoms with E-state index >= 15 is 0 Å². The number of halogens is 2. The third-order valence-electron chi connectivity index (χ3n) is 2.62. The minimum absolute atomic E-state index is 0.0186. The fourth-order valence-electron chi connectivity index (χ4n) is 1.56. The van der Waals surface area contributed by atoms with Crippen molar-refractivity contribution in [3.05, 3.63) is 29.8 Å². The number of methoxy groups -OCH3 is 1. The number of alkyl halides is 2. The van der Waals surface area contributed by atoms with Crippen molar-refractivity contribution in [3.63, 3.8) is 0 Å². The quantitative estimate of drug-likeness (QED) is 0.648. The standard InChI is InChI=1S/C14H18F2O3/c1-18-13-6-3-11(4-7-13)2-5-12(17)8-9-19-10-14(15)16/h3-4,6-7,14H,2,5,8-10H2,1H3. The molecule has 1 rings (SSSR count). The second-order valence-corrected chi connectivity index (χ2v) is 4.10. The van der Waals surface area contributed by atoms with Crippen molar-refractivity contribution in [1.82, 2.24) is 0 Å². The summed E-state index contributed by atoms with van der Waals surface area (Å²) in [6, 6.07) is 7.48. The van der Waals surface area contributed by atoms with Gasteiger partial charge < -0.3 is 9.47 Å². The molecule has 19 heavy (non-hydrogen) atoms. The summed E-state index contributed by atoms with van der Waals surface area (Å²) in [5, 5.41) is 0. The van der Waals surface area contributed by atoms with Crippen LogP contribution < -0.4 is 4.74 Å². The van der Waals surface area contributed by atoms with Gasteiger partial charge in [-0.1, -0.05) is 12.1 Å². The van der Waals surface area contributed by atoms with Gasteiger partial charge in [-0.05, 0) is 24.1 Å². The molecular formula is C14H18F2O3. The summed E-state index contributed by atoms with van der Waals surface area (Å²) in [7, 11) is 1.60. The van der Waals surface area contributed by atoms with E-state index in [1.54, 1.807) is 7.11 Å². The average Bonchev–Trinajstić information content (AvgIpc) is 2.41. The molecule has 0 saturated heterocycles. The highest BCUT2D eigenvalue weighted by molar-refractivity contribution is 5.78. The Kier molecular flexibility index (Phi) is 7.03. The fourth-order valence-corrected chi connectivity index (χ4v) is 1.56. The Labute approximate surface area is 111 Å². The van der Waals surface area contributed by atoms with Crippen molar-refractivity contribution >= 4 is 5.78 Å².